The average Bonchev–Trinajstić information content (AvgIpc) is 2.13. The van der Waals surface area contributed by atoms with Crippen LogP contribution in [0, 0.1) is 13.8 Å². The molecule has 1 aromatic heterocycles. The van der Waals surface area contributed by atoms with Gasteiger partial charge in [0.05, 0.1) is 0 Å². The lowest BCUT2D eigenvalue weighted by Gasteiger charge is -2.01. The maximum Gasteiger partial charge on any atom is 0.0469 e. The minimum absolute atomic E-state index is 0.557. The number of pyridine rings is 1. The number of rotatable bonds is 5. The highest BCUT2D eigenvalue weighted by Crippen LogP contribution is 2.01. The van der Waals surface area contributed by atoms with Crippen LogP contribution in [0.15, 0.2) is 18.2 Å². The van der Waals surface area contributed by atoms with Crippen LogP contribution in [0.3, 0.4) is 0 Å². The largest absolute Gasteiger partial charge is 0.381 e. The number of aryl methyl sites for hydroxylation is 2. The van der Waals surface area contributed by atoms with Gasteiger partial charge in [-0.3, -0.25) is 4.98 Å². The first-order valence-electron chi connectivity index (χ1n) is 4.62. The van der Waals surface area contributed by atoms with Crippen LogP contribution in [0.25, 0.3) is 0 Å². The highest BCUT2D eigenvalue weighted by Gasteiger charge is 1.94. The Morgan fingerprint density at radius 1 is 1.46 bits per heavy atom. The maximum atomic E-state index is 5.15. The molecule has 1 heterocycles. The third-order valence-corrected chi connectivity index (χ3v) is 1.81. The second-order valence-corrected chi connectivity index (χ2v) is 2.99. The quantitative estimate of drug-likeness (QED) is 0.645. The van der Waals surface area contributed by atoms with Crippen LogP contribution in [0.1, 0.15) is 17.8 Å². The molecule has 1 aromatic rings. The van der Waals surface area contributed by atoms with Crippen LogP contribution in [-0.2, 0) is 11.2 Å². The maximum absolute atomic E-state index is 5.15. The third kappa shape index (κ3) is 4.04. The van der Waals surface area contributed by atoms with Crippen LogP contribution in [0.2, 0.25) is 0 Å². The van der Waals surface area contributed by atoms with Crippen LogP contribution in [0.5, 0.6) is 0 Å². The monoisotopic (exact) mass is 178 g/mol. The molecule has 71 valence electrons. The molecule has 2 nitrogen and oxygen atoms in total. The number of aromatic nitrogens is 1. The summed E-state index contributed by atoms with van der Waals surface area (Å²) in [6.07, 6.45) is 2.01. The molecule has 2 heteroatoms. The summed E-state index contributed by atoms with van der Waals surface area (Å²) in [6, 6.07) is 6.10. The predicted octanol–water partition coefficient (Wildman–Crippen LogP) is 2.17. The van der Waals surface area contributed by atoms with Gasteiger partial charge >= 0.3 is 0 Å². The fourth-order valence-corrected chi connectivity index (χ4v) is 1.20. The van der Waals surface area contributed by atoms with Crippen molar-refractivity contribution in [1.29, 1.82) is 0 Å². The lowest BCUT2D eigenvalue weighted by Crippen LogP contribution is -1.98. The molecule has 1 radical (unpaired) electrons. The standard InChI is InChI=1S/C11H16NO/c1-3-13-9-5-8-11-7-4-6-10(2)12-11/h4,6-7H,1,3,5,8-9H2,2H3. The van der Waals surface area contributed by atoms with E-state index in [4.69, 9.17) is 4.74 Å². The first kappa shape index (κ1) is 10.2. The Morgan fingerprint density at radius 2 is 2.31 bits per heavy atom. The van der Waals surface area contributed by atoms with E-state index in [0.29, 0.717) is 6.61 Å². The summed E-state index contributed by atoms with van der Waals surface area (Å²) in [4.78, 5) is 4.40. The Morgan fingerprint density at radius 3 is 3.00 bits per heavy atom. The second kappa shape index (κ2) is 5.70. The highest BCUT2D eigenvalue weighted by atomic mass is 16.5. The van der Waals surface area contributed by atoms with Crippen molar-refractivity contribution in [3.8, 4) is 0 Å². The minimum atomic E-state index is 0.557. The molecule has 13 heavy (non-hydrogen) atoms. The van der Waals surface area contributed by atoms with Crippen molar-refractivity contribution in [2.45, 2.75) is 19.8 Å². The van der Waals surface area contributed by atoms with Crippen molar-refractivity contribution in [3.05, 3.63) is 36.5 Å². The molecule has 0 fully saturated rings. The van der Waals surface area contributed by atoms with Crippen molar-refractivity contribution in [1.82, 2.24) is 4.98 Å². The van der Waals surface area contributed by atoms with Crippen LogP contribution >= 0.6 is 0 Å². The molecule has 0 spiro atoms. The van der Waals surface area contributed by atoms with E-state index in [-0.39, 0.29) is 0 Å². The number of hydrogen-bond donors (Lipinski definition) is 0. The van der Waals surface area contributed by atoms with Gasteiger partial charge in [0, 0.05) is 24.6 Å². The zero-order chi connectivity index (χ0) is 9.52. The molecule has 0 unspecified atom stereocenters. The Bertz CT molecular complexity index is 248. The molecule has 0 N–H and O–H groups in total. The normalized spacial score (nSPS) is 10.3. The first-order chi connectivity index (χ1) is 6.33. The van der Waals surface area contributed by atoms with Gasteiger partial charge in [-0.15, -0.1) is 0 Å². The molecule has 1 rings (SSSR count). The first-order valence-corrected chi connectivity index (χ1v) is 4.62. The van der Waals surface area contributed by atoms with Gasteiger partial charge in [0.15, 0.2) is 0 Å². The summed E-state index contributed by atoms with van der Waals surface area (Å²) in [6.45, 7) is 6.95. The molecule has 0 aliphatic carbocycles. The molecule has 0 atom stereocenters. The summed E-state index contributed by atoms with van der Waals surface area (Å²) in [5, 5.41) is 0. The van der Waals surface area contributed by atoms with Crippen LogP contribution < -0.4 is 0 Å². The van der Waals surface area contributed by atoms with Crippen molar-refractivity contribution in [2.75, 3.05) is 13.2 Å². The lowest BCUT2D eigenvalue weighted by atomic mass is 10.2. The number of ether oxygens (including phenoxy) is 1. The Kier molecular flexibility index (Phi) is 4.47. The van der Waals surface area contributed by atoms with Crippen LogP contribution in [-0.4, -0.2) is 18.2 Å². The van der Waals surface area contributed by atoms with E-state index in [1.165, 1.54) is 0 Å². The van der Waals surface area contributed by atoms with E-state index in [1.807, 2.05) is 19.1 Å². The van der Waals surface area contributed by atoms with E-state index >= 15 is 0 Å². The number of nitrogens with zero attached hydrogens (tertiary/aromatic N) is 1. The zero-order valence-electron chi connectivity index (χ0n) is 8.12. The fraction of sp³-hybridized carbons (Fsp3) is 0.455. The van der Waals surface area contributed by atoms with Gasteiger partial charge in [-0.25, -0.2) is 0 Å². The van der Waals surface area contributed by atoms with Gasteiger partial charge in [-0.1, -0.05) is 6.07 Å². The number of hydrogen-bond acceptors (Lipinski definition) is 2. The summed E-state index contributed by atoms with van der Waals surface area (Å²) >= 11 is 0. The zero-order valence-corrected chi connectivity index (χ0v) is 8.12. The smallest absolute Gasteiger partial charge is 0.0469 e. The van der Waals surface area contributed by atoms with Crippen LogP contribution in [0.4, 0.5) is 0 Å². The average molecular weight is 178 g/mol. The van der Waals surface area contributed by atoms with Gasteiger partial charge in [-0.2, -0.15) is 0 Å². The van der Waals surface area contributed by atoms with Crippen molar-refractivity contribution in [2.24, 2.45) is 0 Å². The van der Waals surface area contributed by atoms with Gasteiger partial charge in [0.25, 0.3) is 0 Å². The topological polar surface area (TPSA) is 22.1 Å². The van der Waals surface area contributed by atoms with Gasteiger partial charge in [-0.05, 0) is 38.8 Å². The summed E-state index contributed by atoms with van der Waals surface area (Å²) in [7, 11) is 0. The molecular weight excluding hydrogens is 162 g/mol. The van der Waals surface area contributed by atoms with Gasteiger partial charge in [0.2, 0.25) is 0 Å². The fourth-order valence-electron chi connectivity index (χ4n) is 1.20. The third-order valence-electron chi connectivity index (χ3n) is 1.81. The Hall–Kier alpha value is -0.890. The van der Waals surface area contributed by atoms with Crippen molar-refractivity contribution < 1.29 is 4.74 Å². The van der Waals surface area contributed by atoms with Crippen molar-refractivity contribution in [3.63, 3.8) is 0 Å². The van der Waals surface area contributed by atoms with E-state index in [2.05, 4.69) is 18.0 Å². The molecule has 0 saturated heterocycles. The molecule has 0 aliphatic heterocycles. The summed E-state index contributed by atoms with van der Waals surface area (Å²) in [5.41, 5.74) is 2.23. The molecule has 0 amide bonds. The second-order valence-electron chi connectivity index (χ2n) is 2.99. The molecular formula is C11H16NO. The Labute approximate surface area is 80.0 Å². The van der Waals surface area contributed by atoms with E-state index in [9.17, 15) is 0 Å². The SMILES string of the molecule is [CH2]COCCCc1cccc(C)n1. The van der Waals surface area contributed by atoms with Gasteiger partial charge in [0.1, 0.15) is 0 Å². The highest BCUT2D eigenvalue weighted by molar-refractivity contribution is 5.09. The molecule has 0 aromatic carbocycles. The van der Waals surface area contributed by atoms with E-state index < -0.39 is 0 Å². The van der Waals surface area contributed by atoms with Gasteiger partial charge < -0.3 is 4.74 Å². The lowest BCUT2D eigenvalue weighted by molar-refractivity contribution is 0.158. The van der Waals surface area contributed by atoms with E-state index in [1.54, 1.807) is 0 Å². The molecule has 0 bridgehead atoms. The Balaban J connectivity index is 2.28. The van der Waals surface area contributed by atoms with Crippen molar-refractivity contribution >= 4 is 0 Å². The molecule has 0 aliphatic rings. The summed E-state index contributed by atoms with van der Waals surface area (Å²) < 4.78 is 5.15. The minimum Gasteiger partial charge on any atom is -0.381 e. The van der Waals surface area contributed by atoms with E-state index in [0.717, 1.165) is 30.8 Å². The predicted molar refractivity (Wildman–Crippen MR) is 53.5 cm³/mol. The molecule has 0 saturated carbocycles. The summed E-state index contributed by atoms with van der Waals surface area (Å²) in [5.74, 6) is 0.